The second-order valence-corrected chi connectivity index (χ2v) is 6.95. The predicted molar refractivity (Wildman–Crippen MR) is 97.9 cm³/mol. The molecule has 3 N–H and O–H groups in total. The molecule has 0 aromatic heterocycles. The molecule has 0 amide bonds. The van der Waals surface area contributed by atoms with Gasteiger partial charge in [0.05, 0.1) is 46.2 Å². The van der Waals surface area contributed by atoms with Crippen LogP contribution in [-0.4, -0.2) is 131 Å². The van der Waals surface area contributed by atoms with Crippen molar-refractivity contribution in [1.29, 1.82) is 0 Å². The molecule has 0 rings (SSSR count). The van der Waals surface area contributed by atoms with Crippen molar-refractivity contribution in [2.24, 2.45) is 0 Å². The van der Waals surface area contributed by atoms with Crippen LogP contribution < -0.4 is 0 Å². The fourth-order valence-electron chi connectivity index (χ4n) is 1.84. The van der Waals surface area contributed by atoms with E-state index in [0.29, 0.717) is 13.2 Å². The first kappa shape index (κ1) is 32.2. The maximum absolute atomic E-state index is 13.4. The number of halogens is 6. The van der Waals surface area contributed by atoms with Gasteiger partial charge in [0.15, 0.2) is 0 Å². The molecule has 0 radical (unpaired) electrons. The summed E-state index contributed by atoms with van der Waals surface area (Å²) in [5.74, 6) is 0. The van der Waals surface area contributed by atoms with Gasteiger partial charge < -0.3 is 39.2 Å². The molecule has 0 spiro atoms. The average molecular weight is 507 g/mol. The molecule has 0 aliphatic rings. The number of rotatable bonds is 21. The van der Waals surface area contributed by atoms with E-state index >= 15 is 0 Å². The summed E-state index contributed by atoms with van der Waals surface area (Å²) in [7, 11) is 3.68. The van der Waals surface area contributed by atoms with Gasteiger partial charge in [0.2, 0.25) is 0 Å². The van der Waals surface area contributed by atoms with Gasteiger partial charge in [-0.3, -0.25) is 0 Å². The van der Waals surface area contributed by atoms with Crippen molar-refractivity contribution in [2.45, 2.75) is 30.7 Å². The summed E-state index contributed by atoms with van der Waals surface area (Å²) in [6, 6.07) is 0. The van der Waals surface area contributed by atoms with Crippen LogP contribution in [-0.2, 0) is 28.4 Å². The SMILES string of the molecule is CN(C)CCOCC(O)COCCOCC(F)(F)OC(F)(F)OC(F)(F)COCC(O)CO. The van der Waals surface area contributed by atoms with Gasteiger partial charge in [-0.15, -0.1) is 8.78 Å². The fourth-order valence-corrected chi connectivity index (χ4v) is 1.84. The van der Waals surface area contributed by atoms with Gasteiger partial charge in [-0.1, -0.05) is 0 Å². The molecule has 10 nitrogen and oxygen atoms in total. The van der Waals surface area contributed by atoms with Gasteiger partial charge in [-0.05, 0) is 14.1 Å². The van der Waals surface area contributed by atoms with Gasteiger partial charge >= 0.3 is 18.5 Å². The van der Waals surface area contributed by atoms with E-state index in [1.165, 1.54) is 0 Å². The van der Waals surface area contributed by atoms with Crippen LogP contribution in [0.4, 0.5) is 26.3 Å². The molecule has 0 aromatic carbocycles. The highest BCUT2D eigenvalue weighted by molar-refractivity contribution is 4.58. The first-order valence-electron chi connectivity index (χ1n) is 9.64. The molecule has 0 saturated heterocycles. The quantitative estimate of drug-likeness (QED) is 0.112. The van der Waals surface area contributed by atoms with Crippen molar-refractivity contribution in [3.05, 3.63) is 0 Å². The van der Waals surface area contributed by atoms with E-state index in [1.807, 2.05) is 19.0 Å². The van der Waals surface area contributed by atoms with Crippen LogP contribution in [0.3, 0.4) is 0 Å². The Labute approximate surface area is 186 Å². The van der Waals surface area contributed by atoms with Crippen molar-refractivity contribution in [2.75, 3.05) is 80.1 Å². The van der Waals surface area contributed by atoms with Gasteiger partial charge in [0, 0.05) is 6.54 Å². The van der Waals surface area contributed by atoms with Crippen molar-refractivity contribution in [1.82, 2.24) is 4.90 Å². The van der Waals surface area contributed by atoms with Crippen molar-refractivity contribution in [3.8, 4) is 0 Å². The maximum atomic E-state index is 13.4. The molecule has 16 heteroatoms. The summed E-state index contributed by atoms with van der Waals surface area (Å²) in [6.45, 7) is -5.22. The van der Waals surface area contributed by atoms with E-state index in [4.69, 9.17) is 19.7 Å². The number of aliphatic hydroxyl groups is 3. The summed E-state index contributed by atoms with van der Waals surface area (Å²) in [6.07, 6.45) is -17.4. The molecular weight excluding hydrogens is 476 g/mol. The zero-order valence-corrected chi connectivity index (χ0v) is 18.2. The molecule has 0 bridgehead atoms. The first-order valence-corrected chi connectivity index (χ1v) is 9.64. The highest BCUT2D eigenvalue weighted by Crippen LogP contribution is 2.33. The second-order valence-electron chi connectivity index (χ2n) is 6.95. The Balaban J connectivity index is 4.10. The Bertz CT molecular complexity index is 506. The molecule has 0 heterocycles. The third-order valence-electron chi connectivity index (χ3n) is 3.27. The molecule has 33 heavy (non-hydrogen) atoms. The summed E-state index contributed by atoms with van der Waals surface area (Å²) in [5.41, 5.74) is 0. The van der Waals surface area contributed by atoms with E-state index < -0.39 is 63.8 Å². The van der Waals surface area contributed by atoms with Crippen LogP contribution in [0.25, 0.3) is 0 Å². The van der Waals surface area contributed by atoms with Gasteiger partial charge in [-0.2, -0.15) is 17.6 Å². The number of hydrogen-bond donors (Lipinski definition) is 3. The van der Waals surface area contributed by atoms with Crippen molar-refractivity contribution < 1.29 is 70.1 Å². The predicted octanol–water partition coefficient (Wildman–Crippen LogP) is 0.0976. The lowest BCUT2D eigenvalue weighted by atomic mass is 10.4. The standard InChI is InChI=1S/C17H31F6NO9/c1-24(2)3-4-28-9-14(27)10-29-5-6-30-11-15(18,19)32-17(22,23)33-16(20,21)12-31-8-13(26)7-25/h13-14,25-27H,3-12H2,1-2H3. The topological polar surface area (TPSA) is 119 Å². The summed E-state index contributed by atoms with van der Waals surface area (Å²) < 4.78 is 105. The Hall–Kier alpha value is -0.820. The zero-order chi connectivity index (χ0) is 25.5. The number of alkyl halides is 6. The van der Waals surface area contributed by atoms with Crippen LogP contribution in [0, 0.1) is 0 Å². The monoisotopic (exact) mass is 507 g/mol. The summed E-state index contributed by atoms with van der Waals surface area (Å²) in [4.78, 5) is 1.87. The molecule has 0 fully saturated rings. The van der Waals surface area contributed by atoms with E-state index in [0.717, 1.165) is 0 Å². The largest absolute Gasteiger partial charge is 0.495 e. The molecular formula is C17H31F6NO9. The Morgan fingerprint density at radius 2 is 1.15 bits per heavy atom. The number of ether oxygens (including phenoxy) is 6. The van der Waals surface area contributed by atoms with E-state index in [1.54, 1.807) is 0 Å². The van der Waals surface area contributed by atoms with Gasteiger partial charge in [-0.25, -0.2) is 9.47 Å². The van der Waals surface area contributed by atoms with Crippen LogP contribution >= 0.6 is 0 Å². The average Bonchev–Trinajstić information content (AvgIpc) is 2.65. The van der Waals surface area contributed by atoms with Crippen LogP contribution in [0.2, 0.25) is 0 Å². The minimum absolute atomic E-state index is 0.0205. The highest BCUT2D eigenvalue weighted by Gasteiger charge is 2.52. The molecule has 0 aliphatic heterocycles. The number of likely N-dealkylation sites (N-methyl/N-ethyl adjacent to an activating group) is 1. The summed E-state index contributed by atoms with van der Waals surface area (Å²) in [5, 5.41) is 26.9. The molecule has 0 aromatic rings. The van der Waals surface area contributed by atoms with Gasteiger partial charge in [0.1, 0.15) is 25.4 Å². The highest BCUT2D eigenvalue weighted by atomic mass is 19.3. The van der Waals surface area contributed by atoms with E-state index in [-0.39, 0.29) is 19.8 Å². The van der Waals surface area contributed by atoms with Crippen LogP contribution in [0.5, 0.6) is 0 Å². The van der Waals surface area contributed by atoms with Crippen molar-refractivity contribution in [3.63, 3.8) is 0 Å². The smallest absolute Gasteiger partial charge is 0.394 e. The minimum Gasteiger partial charge on any atom is -0.394 e. The third-order valence-corrected chi connectivity index (χ3v) is 3.27. The van der Waals surface area contributed by atoms with E-state index in [2.05, 4.69) is 18.9 Å². The molecule has 2 unspecified atom stereocenters. The first-order chi connectivity index (χ1) is 15.2. The Kier molecular flexibility index (Phi) is 15.6. The van der Waals surface area contributed by atoms with Crippen LogP contribution in [0.1, 0.15) is 0 Å². The third kappa shape index (κ3) is 19.2. The molecule has 0 aliphatic carbocycles. The Morgan fingerprint density at radius 1 is 0.697 bits per heavy atom. The number of nitrogens with zero attached hydrogens (tertiary/aromatic N) is 1. The number of aliphatic hydroxyl groups excluding tert-OH is 3. The maximum Gasteiger partial charge on any atom is 0.495 e. The number of hydrogen-bond acceptors (Lipinski definition) is 10. The second kappa shape index (κ2) is 16.0. The van der Waals surface area contributed by atoms with Gasteiger partial charge in [0.25, 0.3) is 0 Å². The lowest BCUT2D eigenvalue weighted by Gasteiger charge is -2.26. The molecule has 200 valence electrons. The fraction of sp³-hybridized carbons (Fsp3) is 1.00. The van der Waals surface area contributed by atoms with Crippen LogP contribution in [0.15, 0.2) is 0 Å². The molecule has 2 atom stereocenters. The van der Waals surface area contributed by atoms with E-state index in [9.17, 15) is 31.4 Å². The van der Waals surface area contributed by atoms with Crippen molar-refractivity contribution >= 4 is 0 Å². The molecule has 0 saturated carbocycles. The lowest BCUT2D eigenvalue weighted by Crippen LogP contribution is -2.44. The zero-order valence-electron chi connectivity index (χ0n) is 18.2. The lowest BCUT2D eigenvalue weighted by molar-refractivity contribution is -0.518. The minimum atomic E-state index is -5.41. The Morgan fingerprint density at radius 3 is 1.67 bits per heavy atom. The normalized spacial score (nSPS) is 15.3. The summed E-state index contributed by atoms with van der Waals surface area (Å²) >= 11 is 0.